The lowest BCUT2D eigenvalue weighted by molar-refractivity contribution is -0.126. The van der Waals surface area contributed by atoms with Crippen LogP contribution in [0.25, 0.3) is 0 Å². The summed E-state index contributed by atoms with van der Waals surface area (Å²) in [5, 5.41) is 5.02. The molecular weight excluding hydrogens is 198 g/mol. The normalized spacial score (nSPS) is 11.9. The molecule has 4 N–H and O–H groups in total. The Morgan fingerprint density at radius 1 is 1.40 bits per heavy atom. The fourth-order valence-electron chi connectivity index (χ4n) is 0.839. The number of hydrogen-bond acceptors (Lipinski definition) is 4. The summed E-state index contributed by atoms with van der Waals surface area (Å²) in [6, 6.07) is -0.545. The summed E-state index contributed by atoms with van der Waals surface area (Å²) in [7, 11) is 1.55. The molecular formula is C9H19N3O3. The third kappa shape index (κ3) is 6.87. The lowest BCUT2D eigenvalue weighted by atomic mass is 10.2. The zero-order valence-corrected chi connectivity index (χ0v) is 9.21. The van der Waals surface area contributed by atoms with Crippen LogP contribution in [0.4, 0.5) is 0 Å². The number of methoxy groups -OCH3 is 1. The van der Waals surface area contributed by atoms with Crippen molar-refractivity contribution in [1.29, 1.82) is 0 Å². The summed E-state index contributed by atoms with van der Waals surface area (Å²) in [4.78, 5) is 22.3. The predicted octanol–water partition coefficient (Wildman–Crippen LogP) is -1.40. The highest BCUT2D eigenvalue weighted by Crippen LogP contribution is 1.84. The van der Waals surface area contributed by atoms with E-state index in [4.69, 9.17) is 10.5 Å². The summed E-state index contributed by atoms with van der Waals surface area (Å²) < 4.78 is 4.75. The quantitative estimate of drug-likeness (QED) is 0.457. The average molecular weight is 217 g/mol. The van der Waals surface area contributed by atoms with Gasteiger partial charge < -0.3 is 21.1 Å². The Kier molecular flexibility index (Phi) is 7.57. The van der Waals surface area contributed by atoms with Gasteiger partial charge in [-0.1, -0.05) is 6.92 Å². The molecule has 0 aromatic rings. The van der Waals surface area contributed by atoms with E-state index in [1.807, 2.05) is 6.92 Å². The molecule has 6 nitrogen and oxygen atoms in total. The van der Waals surface area contributed by atoms with Gasteiger partial charge in [-0.15, -0.1) is 0 Å². The number of ether oxygens (including phenoxy) is 1. The zero-order valence-electron chi connectivity index (χ0n) is 9.21. The van der Waals surface area contributed by atoms with Gasteiger partial charge in [0.1, 0.15) is 0 Å². The zero-order chi connectivity index (χ0) is 11.7. The molecule has 0 unspecified atom stereocenters. The first-order valence-corrected chi connectivity index (χ1v) is 4.90. The van der Waals surface area contributed by atoms with Gasteiger partial charge in [-0.3, -0.25) is 9.59 Å². The van der Waals surface area contributed by atoms with Crippen molar-refractivity contribution in [2.75, 3.05) is 26.8 Å². The highest BCUT2D eigenvalue weighted by atomic mass is 16.5. The van der Waals surface area contributed by atoms with Crippen molar-refractivity contribution in [3.8, 4) is 0 Å². The number of carbonyl (C=O) groups is 2. The van der Waals surface area contributed by atoms with E-state index in [2.05, 4.69) is 10.6 Å². The second kappa shape index (κ2) is 8.19. The van der Waals surface area contributed by atoms with Crippen LogP contribution in [0, 0.1) is 0 Å². The van der Waals surface area contributed by atoms with Gasteiger partial charge in [0.15, 0.2) is 0 Å². The molecule has 0 spiro atoms. The minimum Gasteiger partial charge on any atom is -0.383 e. The molecule has 1 atom stereocenters. The Labute approximate surface area is 89.5 Å². The fourth-order valence-corrected chi connectivity index (χ4v) is 0.839. The van der Waals surface area contributed by atoms with Crippen LogP contribution in [0.1, 0.15) is 13.3 Å². The smallest absolute Gasteiger partial charge is 0.239 e. The van der Waals surface area contributed by atoms with Crippen LogP contribution in [0.2, 0.25) is 0 Å². The number of amides is 2. The molecule has 0 saturated heterocycles. The van der Waals surface area contributed by atoms with Crippen LogP contribution in [0.15, 0.2) is 0 Å². The molecule has 0 aliphatic heterocycles. The molecule has 2 amide bonds. The highest BCUT2D eigenvalue weighted by Gasteiger charge is 2.11. The molecule has 6 heteroatoms. The molecule has 0 bridgehead atoms. The summed E-state index contributed by atoms with van der Waals surface area (Å²) in [6.45, 7) is 2.65. The predicted molar refractivity (Wildman–Crippen MR) is 56.2 cm³/mol. The minimum absolute atomic E-state index is 0.0454. The van der Waals surface area contributed by atoms with Crippen molar-refractivity contribution in [2.45, 2.75) is 19.4 Å². The van der Waals surface area contributed by atoms with Gasteiger partial charge in [0.05, 0.1) is 19.2 Å². The van der Waals surface area contributed by atoms with Crippen molar-refractivity contribution in [3.05, 3.63) is 0 Å². The Hall–Kier alpha value is -1.14. The number of carbonyl (C=O) groups excluding carboxylic acids is 2. The van der Waals surface area contributed by atoms with E-state index >= 15 is 0 Å². The standard InChI is InChI=1S/C9H19N3O3/c1-3-7(10)9(14)12-6-8(13)11-4-5-15-2/h7H,3-6,10H2,1-2H3,(H,11,13)(H,12,14)/t7-/m1/s1. The summed E-state index contributed by atoms with van der Waals surface area (Å²) in [5.41, 5.74) is 5.46. The van der Waals surface area contributed by atoms with Crippen LogP contribution in [-0.4, -0.2) is 44.7 Å². The van der Waals surface area contributed by atoms with Crippen molar-refractivity contribution in [3.63, 3.8) is 0 Å². The summed E-state index contributed by atoms with van der Waals surface area (Å²) in [5.74, 6) is -0.553. The maximum absolute atomic E-state index is 11.2. The average Bonchev–Trinajstić information content (AvgIpc) is 2.25. The monoisotopic (exact) mass is 217 g/mol. The lowest BCUT2D eigenvalue weighted by Gasteiger charge is -2.09. The number of nitrogens with one attached hydrogen (secondary N) is 2. The van der Waals surface area contributed by atoms with Crippen LogP contribution in [0.3, 0.4) is 0 Å². The Morgan fingerprint density at radius 2 is 2.07 bits per heavy atom. The minimum atomic E-state index is -0.545. The third-order valence-electron chi connectivity index (χ3n) is 1.83. The maximum Gasteiger partial charge on any atom is 0.239 e. The van der Waals surface area contributed by atoms with Gasteiger partial charge in [0.25, 0.3) is 0 Å². The Bertz CT molecular complexity index is 209. The first-order valence-electron chi connectivity index (χ1n) is 4.90. The molecule has 0 aromatic carbocycles. The van der Waals surface area contributed by atoms with Crippen LogP contribution in [-0.2, 0) is 14.3 Å². The van der Waals surface area contributed by atoms with Gasteiger partial charge in [-0.2, -0.15) is 0 Å². The first-order chi connectivity index (χ1) is 7.11. The van der Waals surface area contributed by atoms with E-state index in [9.17, 15) is 9.59 Å². The molecule has 88 valence electrons. The molecule has 0 heterocycles. The number of hydrogen-bond donors (Lipinski definition) is 3. The van der Waals surface area contributed by atoms with Gasteiger partial charge in [0, 0.05) is 13.7 Å². The lowest BCUT2D eigenvalue weighted by Crippen LogP contribution is -2.44. The Morgan fingerprint density at radius 3 is 2.60 bits per heavy atom. The second-order valence-electron chi connectivity index (χ2n) is 3.08. The first kappa shape index (κ1) is 13.9. The molecule has 15 heavy (non-hydrogen) atoms. The number of rotatable bonds is 7. The van der Waals surface area contributed by atoms with E-state index in [0.29, 0.717) is 19.6 Å². The largest absolute Gasteiger partial charge is 0.383 e. The molecule has 0 aliphatic rings. The molecule has 0 saturated carbocycles. The van der Waals surface area contributed by atoms with Gasteiger partial charge >= 0.3 is 0 Å². The third-order valence-corrected chi connectivity index (χ3v) is 1.83. The van der Waals surface area contributed by atoms with E-state index in [-0.39, 0.29) is 18.4 Å². The summed E-state index contributed by atoms with van der Waals surface area (Å²) >= 11 is 0. The molecule has 0 fully saturated rings. The van der Waals surface area contributed by atoms with Gasteiger partial charge in [0.2, 0.25) is 11.8 Å². The van der Waals surface area contributed by atoms with Crippen molar-refractivity contribution < 1.29 is 14.3 Å². The van der Waals surface area contributed by atoms with Gasteiger partial charge in [-0.25, -0.2) is 0 Å². The van der Waals surface area contributed by atoms with E-state index in [1.165, 1.54) is 0 Å². The molecule has 0 aromatic heterocycles. The Balaban J connectivity index is 3.57. The topological polar surface area (TPSA) is 93.5 Å². The van der Waals surface area contributed by atoms with E-state index < -0.39 is 6.04 Å². The summed E-state index contributed by atoms with van der Waals surface area (Å²) in [6.07, 6.45) is 0.553. The SMILES string of the molecule is CC[C@@H](N)C(=O)NCC(=O)NCCOC. The van der Waals surface area contributed by atoms with Crippen LogP contribution >= 0.6 is 0 Å². The number of nitrogens with two attached hydrogens (primary N) is 1. The fraction of sp³-hybridized carbons (Fsp3) is 0.778. The van der Waals surface area contributed by atoms with Crippen LogP contribution < -0.4 is 16.4 Å². The second-order valence-corrected chi connectivity index (χ2v) is 3.08. The van der Waals surface area contributed by atoms with Crippen molar-refractivity contribution in [2.24, 2.45) is 5.73 Å². The van der Waals surface area contributed by atoms with E-state index in [0.717, 1.165) is 0 Å². The maximum atomic E-state index is 11.2. The van der Waals surface area contributed by atoms with Crippen molar-refractivity contribution in [1.82, 2.24) is 10.6 Å². The van der Waals surface area contributed by atoms with Gasteiger partial charge in [-0.05, 0) is 6.42 Å². The molecule has 0 radical (unpaired) electrons. The van der Waals surface area contributed by atoms with Crippen molar-refractivity contribution >= 4 is 11.8 Å². The highest BCUT2D eigenvalue weighted by molar-refractivity contribution is 5.87. The molecule has 0 rings (SSSR count). The van der Waals surface area contributed by atoms with E-state index in [1.54, 1.807) is 7.11 Å². The van der Waals surface area contributed by atoms with Crippen LogP contribution in [0.5, 0.6) is 0 Å². The molecule has 0 aliphatic carbocycles.